The molecule has 1 amide bonds. The number of ether oxygens (including phenoxy) is 2. The third-order valence-corrected chi connectivity index (χ3v) is 7.72. The molecular formula is C23H25N3O6S. The molecule has 2 heterocycles. The predicted octanol–water partition coefficient (Wildman–Crippen LogP) is 2.58. The van der Waals surface area contributed by atoms with E-state index in [1.54, 1.807) is 43.5 Å². The Morgan fingerprint density at radius 3 is 2.48 bits per heavy atom. The van der Waals surface area contributed by atoms with Crippen molar-refractivity contribution >= 4 is 32.5 Å². The number of aromatic amines is 1. The molecule has 10 heteroatoms. The quantitative estimate of drug-likeness (QED) is 0.571. The number of benzene rings is 2. The van der Waals surface area contributed by atoms with Crippen LogP contribution in [0.4, 0.5) is 5.69 Å². The summed E-state index contributed by atoms with van der Waals surface area (Å²) in [4.78, 5) is 27.1. The maximum atomic E-state index is 13.1. The minimum atomic E-state index is -3.72. The monoisotopic (exact) mass is 471 g/mol. The number of sulfonamides is 1. The van der Waals surface area contributed by atoms with Crippen molar-refractivity contribution in [2.45, 2.75) is 17.7 Å². The van der Waals surface area contributed by atoms with Gasteiger partial charge in [0.15, 0.2) is 0 Å². The number of hydrogen-bond donors (Lipinski definition) is 2. The Morgan fingerprint density at radius 1 is 1.03 bits per heavy atom. The van der Waals surface area contributed by atoms with E-state index in [4.69, 9.17) is 9.47 Å². The number of H-pyrrole nitrogens is 1. The summed E-state index contributed by atoms with van der Waals surface area (Å²) in [6.45, 7) is 0.471. The van der Waals surface area contributed by atoms with E-state index in [1.807, 2.05) is 0 Å². The number of fused-ring (bicyclic) bond motifs is 1. The van der Waals surface area contributed by atoms with Gasteiger partial charge in [0.05, 0.1) is 24.8 Å². The lowest BCUT2D eigenvalue weighted by molar-refractivity contribution is -0.120. The molecule has 2 N–H and O–H groups in total. The van der Waals surface area contributed by atoms with Crippen LogP contribution in [0.2, 0.25) is 0 Å². The highest BCUT2D eigenvalue weighted by Crippen LogP contribution is 2.31. The van der Waals surface area contributed by atoms with Crippen molar-refractivity contribution in [2.75, 3.05) is 32.6 Å². The summed E-state index contributed by atoms with van der Waals surface area (Å²) in [7, 11) is -0.659. The predicted molar refractivity (Wildman–Crippen MR) is 124 cm³/mol. The van der Waals surface area contributed by atoms with E-state index >= 15 is 0 Å². The van der Waals surface area contributed by atoms with Crippen molar-refractivity contribution in [2.24, 2.45) is 5.92 Å². The maximum absolute atomic E-state index is 13.1. The second-order valence-electron chi connectivity index (χ2n) is 7.81. The number of carbonyl (C=O) groups excluding carboxylic acids is 1. The molecule has 3 aromatic rings. The molecule has 0 bridgehead atoms. The van der Waals surface area contributed by atoms with Gasteiger partial charge in [0, 0.05) is 36.7 Å². The molecule has 2 aromatic carbocycles. The first kappa shape index (κ1) is 22.8. The molecule has 0 spiro atoms. The SMILES string of the molecule is COc1ccc(OC)c(NC(=O)C2CCN(S(=O)(=O)c3ccc4[nH]c(=O)ccc4c3)CC2)c1. The fourth-order valence-corrected chi connectivity index (χ4v) is 5.45. The zero-order valence-corrected chi connectivity index (χ0v) is 19.1. The van der Waals surface area contributed by atoms with Gasteiger partial charge >= 0.3 is 0 Å². The molecule has 0 aliphatic carbocycles. The van der Waals surface area contributed by atoms with E-state index in [2.05, 4.69) is 10.3 Å². The number of piperidine rings is 1. The lowest BCUT2D eigenvalue weighted by Gasteiger charge is -2.30. The van der Waals surface area contributed by atoms with Crippen LogP contribution in [0.1, 0.15) is 12.8 Å². The smallest absolute Gasteiger partial charge is 0.248 e. The Morgan fingerprint density at radius 2 is 1.79 bits per heavy atom. The van der Waals surface area contributed by atoms with Gasteiger partial charge in [-0.3, -0.25) is 9.59 Å². The van der Waals surface area contributed by atoms with E-state index < -0.39 is 10.0 Å². The van der Waals surface area contributed by atoms with Gasteiger partial charge in [0.1, 0.15) is 11.5 Å². The van der Waals surface area contributed by atoms with Crippen molar-refractivity contribution in [3.05, 3.63) is 58.9 Å². The normalized spacial score (nSPS) is 15.3. The third kappa shape index (κ3) is 4.71. The number of amides is 1. The van der Waals surface area contributed by atoms with Gasteiger partial charge in [-0.15, -0.1) is 0 Å². The maximum Gasteiger partial charge on any atom is 0.248 e. The van der Waals surface area contributed by atoms with Crippen molar-refractivity contribution in [1.29, 1.82) is 0 Å². The Bertz CT molecular complexity index is 1340. The first-order valence-electron chi connectivity index (χ1n) is 10.5. The van der Waals surface area contributed by atoms with Crippen LogP contribution in [0.15, 0.2) is 58.2 Å². The molecular weight excluding hydrogens is 446 g/mol. The molecule has 1 aromatic heterocycles. The zero-order valence-electron chi connectivity index (χ0n) is 18.3. The van der Waals surface area contributed by atoms with Gasteiger partial charge in [-0.1, -0.05) is 0 Å². The van der Waals surface area contributed by atoms with Crippen LogP contribution >= 0.6 is 0 Å². The number of nitrogens with one attached hydrogen (secondary N) is 2. The Kier molecular flexibility index (Phi) is 6.39. The van der Waals surface area contributed by atoms with E-state index in [0.29, 0.717) is 40.9 Å². The van der Waals surface area contributed by atoms with Gasteiger partial charge < -0.3 is 19.8 Å². The minimum Gasteiger partial charge on any atom is -0.497 e. The average Bonchev–Trinajstić information content (AvgIpc) is 2.83. The minimum absolute atomic E-state index is 0.158. The van der Waals surface area contributed by atoms with Crippen molar-refractivity contribution in [3.63, 3.8) is 0 Å². The van der Waals surface area contributed by atoms with Crippen LogP contribution in [-0.2, 0) is 14.8 Å². The molecule has 1 fully saturated rings. The lowest BCUT2D eigenvalue weighted by atomic mass is 9.97. The van der Waals surface area contributed by atoms with Crippen LogP contribution in [0.25, 0.3) is 10.9 Å². The van der Waals surface area contributed by atoms with Crippen LogP contribution in [-0.4, -0.2) is 50.9 Å². The highest BCUT2D eigenvalue weighted by molar-refractivity contribution is 7.89. The van der Waals surface area contributed by atoms with Gasteiger partial charge in [-0.2, -0.15) is 4.31 Å². The summed E-state index contributed by atoms with van der Waals surface area (Å²) in [6, 6.07) is 12.7. The zero-order chi connectivity index (χ0) is 23.6. The van der Waals surface area contributed by atoms with E-state index in [9.17, 15) is 18.0 Å². The fourth-order valence-electron chi connectivity index (χ4n) is 3.95. The highest BCUT2D eigenvalue weighted by Gasteiger charge is 2.32. The first-order chi connectivity index (χ1) is 15.8. The second-order valence-corrected chi connectivity index (χ2v) is 9.74. The summed E-state index contributed by atoms with van der Waals surface area (Å²) < 4.78 is 38.2. The van der Waals surface area contributed by atoms with Crippen LogP contribution in [0.3, 0.4) is 0 Å². The van der Waals surface area contributed by atoms with Gasteiger partial charge in [0.2, 0.25) is 21.5 Å². The molecule has 0 atom stereocenters. The molecule has 174 valence electrons. The number of anilines is 1. The molecule has 1 aliphatic heterocycles. The molecule has 1 saturated heterocycles. The lowest BCUT2D eigenvalue weighted by Crippen LogP contribution is -2.41. The first-order valence-corrected chi connectivity index (χ1v) is 11.9. The summed E-state index contributed by atoms with van der Waals surface area (Å²) in [5.41, 5.74) is 0.834. The van der Waals surface area contributed by atoms with E-state index in [1.165, 1.54) is 23.5 Å². The second kappa shape index (κ2) is 9.24. The Labute approximate surface area is 191 Å². The van der Waals surface area contributed by atoms with Gasteiger partial charge in [-0.25, -0.2) is 8.42 Å². The molecule has 0 radical (unpaired) electrons. The molecule has 0 saturated carbocycles. The number of carbonyl (C=O) groups is 1. The number of hydrogen-bond acceptors (Lipinski definition) is 6. The van der Waals surface area contributed by atoms with Crippen molar-refractivity contribution in [3.8, 4) is 11.5 Å². The summed E-state index contributed by atoms with van der Waals surface area (Å²) in [6.07, 6.45) is 0.802. The fraction of sp³-hybridized carbons (Fsp3) is 0.304. The molecule has 0 unspecified atom stereocenters. The number of methoxy groups -OCH3 is 2. The van der Waals surface area contributed by atoms with Crippen molar-refractivity contribution in [1.82, 2.24) is 9.29 Å². The summed E-state index contributed by atoms with van der Waals surface area (Å²) in [5.74, 6) is 0.593. The van der Waals surface area contributed by atoms with Crippen LogP contribution < -0.4 is 20.3 Å². The summed E-state index contributed by atoms with van der Waals surface area (Å²) >= 11 is 0. The van der Waals surface area contributed by atoms with Crippen LogP contribution in [0, 0.1) is 5.92 Å². The molecule has 9 nitrogen and oxygen atoms in total. The Hall–Kier alpha value is -3.37. The third-order valence-electron chi connectivity index (χ3n) is 5.82. The van der Waals surface area contributed by atoms with Crippen molar-refractivity contribution < 1.29 is 22.7 Å². The Balaban J connectivity index is 1.44. The van der Waals surface area contributed by atoms with Gasteiger partial charge in [0.25, 0.3) is 0 Å². The van der Waals surface area contributed by atoms with E-state index in [0.717, 1.165) is 0 Å². The average molecular weight is 472 g/mol. The number of rotatable bonds is 6. The number of aromatic nitrogens is 1. The highest BCUT2D eigenvalue weighted by atomic mass is 32.2. The summed E-state index contributed by atoms with van der Waals surface area (Å²) in [5, 5.41) is 3.51. The van der Waals surface area contributed by atoms with Crippen LogP contribution in [0.5, 0.6) is 11.5 Å². The molecule has 4 rings (SSSR count). The molecule has 1 aliphatic rings. The van der Waals surface area contributed by atoms with Gasteiger partial charge in [-0.05, 0) is 54.6 Å². The topological polar surface area (TPSA) is 118 Å². The standard InChI is InChI=1S/C23H25N3O6S/c1-31-17-4-7-21(32-2)20(14-17)25-23(28)15-9-11-26(12-10-15)33(29,30)18-5-6-19-16(13-18)3-8-22(27)24-19/h3-8,13-15H,9-12H2,1-2H3,(H,24,27)(H,25,28). The number of pyridine rings is 1. The number of nitrogens with zero attached hydrogens (tertiary/aromatic N) is 1. The van der Waals surface area contributed by atoms with E-state index in [-0.39, 0.29) is 35.4 Å². The largest absolute Gasteiger partial charge is 0.497 e. The molecule has 33 heavy (non-hydrogen) atoms.